The van der Waals surface area contributed by atoms with E-state index in [1.54, 1.807) is 36.5 Å². The Morgan fingerprint density at radius 2 is 2.05 bits per heavy atom. The fourth-order valence-corrected chi connectivity index (χ4v) is 7.01. The van der Waals surface area contributed by atoms with Crippen molar-refractivity contribution in [3.63, 3.8) is 0 Å². The number of ether oxygens (including phenoxy) is 1. The first-order valence-corrected chi connectivity index (χ1v) is 12.8. The molecule has 7 rings (SSSR count). The van der Waals surface area contributed by atoms with Crippen LogP contribution in [0.3, 0.4) is 0 Å². The maximum Gasteiger partial charge on any atom is 0.338 e. The largest absolute Gasteiger partial charge is 0.465 e. The second kappa shape index (κ2) is 8.74. The Kier molecular flexibility index (Phi) is 5.77. The van der Waals surface area contributed by atoms with Gasteiger partial charge in [0.1, 0.15) is 11.2 Å². The van der Waals surface area contributed by atoms with Gasteiger partial charge in [0, 0.05) is 64.2 Å². The molecule has 0 radical (unpaired) electrons. The maximum atomic E-state index is 15.7. The van der Waals surface area contributed by atoms with E-state index < -0.39 is 23.2 Å². The van der Waals surface area contributed by atoms with E-state index in [9.17, 15) is 9.59 Å². The van der Waals surface area contributed by atoms with Gasteiger partial charge >= 0.3 is 5.97 Å². The van der Waals surface area contributed by atoms with Crippen molar-refractivity contribution in [3.8, 4) is 0 Å². The minimum Gasteiger partial charge on any atom is -0.465 e. The summed E-state index contributed by atoms with van der Waals surface area (Å²) in [5, 5.41) is 6.75. The molecule has 1 aromatic carbocycles. The molecule has 2 N–H and O–H groups in total. The molecule has 200 valence electrons. The monoisotopic (exact) mass is 567 g/mol. The lowest BCUT2D eigenvalue weighted by Gasteiger charge is -2.32. The molecule has 3 aromatic heterocycles. The zero-order valence-corrected chi connectivity index (χ0v) is 21.7. The number of pyridine rings is 2. The Bertz CT molecular complexity index is 1720. The van der Waals surface area contributed by atoms with E-state index in [1.807, 2.05) is 11.3 Å². The first-order chi connectivity index (χ1) is 18.3. The van der Waals surface area contributed by atoms with E-state index in [-0.39, 0.29) is 36.0 Å². The van der Waals surface area contributed by atoms with Crippen molar-refractivity contribution in [2.24, 2.45) is 0 Å². The number of amides is 1. The van der Waals surface area contributed by atoms with Crippen LogP contribution in [0.2, 0.25) is 10.2 Å². The summed E-state index contributed by atoms with van der Waals surface area (Å²) in [6.45, 7) is 1.82. The number of nitrogens with one attached hydrogen (secondary N) is 2. The molecule has 39 heavy (non-hydrogen) atoms. The molecule has 1 aliphatic carbocycles. The van der Waals surface area contributed by atoms with Crippen LogP contribution in [0.4, 0.5) is 10.1 Å². The van der Waals surface area contributed by atoms with Gasteiger partial charge in [-0.05, 0) is 36.8 Å². The summed E-state index contributed by atoms with van der Waals surface area (Å²) in [5.74, 6) is -2.47. The number of hydrogen-bond acceptors (Lipinski definition) is 6. The number of carbonyl (C=O) groups excluding carboxylic acids is 2. The van der Waals surface area contributed by atoms with Gasteiger partial charge < -0.3 is 14.5 Å². The predicted octanol–water partition coefficient (Wildman–Crippen LogP) is 5.15. The number of aryl methyl sites for hydroxylation is 1. The van der Waals surface area contributed by atoms with Gasteiger partial charge in [-0.15, -0.1) is 0 Å². The highest BCUT2D eigenvalue weighted by molar-refractivity contribution is 6.31. The molecule has 11 heteroatoms. The molecule has 4 atom stereocenters. The third-order valence-electron chi connectivity index (χ3n) is 8.20. The topological polar surface area (TPSA) is 97.6 Å². The Morgan fingerprint density at radius 3 is 2.82 bits per heavy atom. The molecule has 1 amide bonds. The molecule has 0 bridgehead atoms. The summed E-state index contributed by atoms with van der Waals surface area (Å²) in [6.07, 6.45) is 3.80. The average molecular weight is 568 g/mol. The third kappa shape index (κ3) is 3.27. The molecule has 5 heterocycles. The average Bonchev–Trinajstić information content (AvgIpc) is 3.59. The Labute approximate surface area is 233 Å². The lowest BCUT2D eigenvalue weighted by molar-refractivity contribution is -0.122. The van der Waals surface area contributed by atoms with Gasteiger partial charge in [-0.25, -0.2) is 19.2 Å². The fourth-order valence-electron chi connectivity index (χ4n) is 6.67. The van der Waals surface area contributed by atoms with E-state index in [0.717, 1.165) is 11.4 Å². The maximum absolute atomic E-state index is 15.7. The van der Waals surface area contributed by atoms with Crippen molar-refractivity contribution in [2.45, 2.75) is 44.2 Å². The number of fused-ring (bicyclic) bond motifs is 7. The number of anilines is 1. The number of nitrogens with zero attached hydrogens (tertiary/aromatic N) is 3. The second-order valence-electron chi connectivity index (χ2n) is 9.90. The van der Waals surface area contributed by atoms with Crippen LogP contribution in [0.25, 0.3) is 5.65 Å². The first kappa shape index (κ1) is 25.7. The summed E-state index contributed by atoms with van der Waals surface area (Å²) < 4.78 is 22.6. The molecule has 4 aromatic rings. The number of carbonyl (C=O) groups is 2. The summed E-state index contributed by atoms with van der Waals surface area (Å²) in [7, 11) is 1.34. The second-order valence-corrected chi connectivity index (χ2v) is 10.7. The van der Waals surface area contributed by atoms with Crippen LogP contribution < -0.4 is 10.6 Å². The molecular formula is C28H24Cl2FN5O3. The lowest BCUT2D eigenvalue weighted by atomic mass is 9.71. The standard InChI is InChI=1S/C27H20Cl2FN5O3.CH4/c1-11-13(25(36)38-2)6-8-35-18-10-17-19(22(18)33-24(11)35)20(14-5-7-31-23(29)21(14)30)27(34-17)15-4-3-12(28)9-16(15)32-26(27)37;/h3-9,17,19-20,34H,10H2,1-2H3,(H,32,37);1H4/t17-,19+,20-,27+;/m0./s1. The Hall–Kier alpha value is -3.53. The number of imidazole rings is 1. The van der Waals surface area contributed by atoms with Crippen molar-refractivity contribution in [1.82, 2.24) is 19.7 Å². The fraction of sp³-hybridized carbons (Fsp3) is 0.286. The van der Waals surface area contributed by atoms with Crippen molar-refractivity contribution in [2.75, 3.05) is 12.4 Å². The van der Waals surface area contributed by atoms with Crippen LogP contribution in [-0.4, -0.2) is 39.4 Å². The highest BCUT2D eigenvalue weighted by Gasteiger charge is 2.65. The van der Waals surface area contributed by atoms with Gasteiger partial charge in [0.2, 0.25) is 5.91 Å². The van der Waals surface area contributed by atoms with Gasteiger partial charge in [-0.3, -0.25) is 10.1 Å². The first-order valence-electron chi connectivity index (χ1n) is 12.0. The predicted molar refractivity (Wildman–Crippen MR) is 145 cm³/mol. The minimum atomic E-state index is -1.28. The summed E-state index contributed by atoms with van der Waals surface area (Å²) >= 11 is 12.4. The van der Waals surface area contributed by atoms with Crippen molar-refractivity contribution in [3.05, 3.63) is 92.4 Å². The van der Waals surface area contributed by atoms with Crippen molar-refractivity contribution < 1.29 is 18.7 Å². The molecule has 1 spiro atoms. The molecule has 0 unspecified atom stereocenters. The molecule has 0 saturated carbocycles. The number of benzene rings is 1. The van der Waals surface area contributed by atoms with Crippen molar-refractivity contribution in [1.29, 1.82) is 0 Å². The quantitative estimate of drug-likeness (QED) is 0.257. The molecule has 2 aliphatic heterocycles. The lowest BCUT2D eigenvalue weighted by Crippen LogP contribution is -2.49. The van der Waals surface area contributed by atoms with Gasteiger partial charge in [0.25, 0.3) is 0 Å². The Balaban J connectivity index is 0.00000277. The molecule has 1 saturated heterocycles. The van der Waals surface area contributed by atoms with E-state index in [0.29, 0.717) is 39.5 Å². The van der Waals surface area contributed by atoms with Gasteiger partial charge in [0.15, 0.2) is 11.0 Å². The Morgan fingerprint density at radius 1 is 1.26 bits per heavy atom. The van der Waals surface area contributed by atoms with Gasteiger partial charge in [0.05, 0.1) is 18.4 Å². The van der Waals surface area contributed by atoms with Crippen LogP contribution in [0, 0.1) is 12.7 Å². The number of aromatic nitrogens is 3. The highest BCUT2D eigenvalue weighted by atomic mass is 35.5. The number of hydrogen-bond donors (Lipinski definition) is 2. The number of methoxy groups -OCH3 is 1. The summed E-state index contributed by atoms with van der Waals surface area (Å²) in [4.78, 5) is 35.0. The van der Waals surface area contributed by atoms with E-state index in [1.165, 1.54) is 13.3 Å². The van der Waals surface area contributed by atoms with E-state index in [2.05, 4.69) is 15.6 Å². The molecule has 3 aliphatic rings. The van der Waals surface area contributed by atoms with Crippen LogP contribution in [-0.2, 0) is 21.5 Å². The minimum absolute atomic E-state index is 0. The number of rotatable bonds is 2. The van der Waals surface area contributed by atoms with Crippen LogP contribution in [0.15, 0.2) is 42.7 Å². The van der Waals surface area contributed by atoms with Crippen LogP contribution in [0.5, 0.6) is 0 Å². The number of esters is 1. The highest BCUT2D eigenvalue weighted by Crippen LogP contribution is 2.60. The van der Waals surface area contributed by atoms with Gasteiger partial charge in [-0.1, -0.05) is 36.7 Å². The smallest absolute Gasteiger partial charge is 0.338 e. The zero-order valence-electron chi connectivity index (χ0n) is 20.2. The van der Waals surface area contributed by atoms with E-state index >= 15 is 4.39 Å². The zero-order chi connectivity index (χ0) is 26.5. The normalized spacial score (nSPS) is 24.3. The molecule has 8 nitrogen and oxygen atoms in total. The molecular weight excluding hydrogens is 544 g/mol. The SMILES string of the molecule is C.COC(=O)c1ccn2c3c(nc2c1C)[C@@H]1[C@H](C3)N[C@@]2(C(=O)Nc3cc(Cl)ccc32)[C@H]1c1ccnc(Cl)c1F. The van der Waals surface area contributed by atoms with Crippen molar-refractivity contribution >= 4 is 46.4 Å². The third-order valence-corrected chi connectivity index (χ3v) is 8.70. The van der Waals surface area contributed by atoms with E-state index in [4.69, 9.17) is 32.9 Å². The summed E-state index contributed by atoms with van der Waals surface area (Å²) in [6, 6.07) is 8.29. The molecule has 1 fully saturated rings. The van der Waals surface area contributed by atoms with Crippen LogP contribution >= 0.6 is 23.2 Å². The number of halogens is 3. The summed E-state index contributed by atoms with van der Waals surface area (Å²) in [5.41, 5.74) is 3.68. The van der Waals surface area contributed by atoms with Gasteiger partial charge in [-0.2, -0.15) is 0 Å². The van der Waals surface area contributed by atoms with Crippen LogP contribution in [0.1, 0.15) is 57.7 Å².